The van der Waals surface area contributed by atoms with Crippen LogP contribution in [-0.4, -0.2) is 41.5 Å². The molecule has 1 saturated heterocycles. The largest absolute Gasteiger partial charge is 0.348 e. The second-order valence-corrected chi connectivity index (χ2v) is 4.53. The molecule has 0 spiro atoms. The van der Waals surface area contributed by atoms with E-state index in [4.69, 9.17) is 0 Å². The summed E-state index contributed by atoms with van der Waals surface area (Å²) in [5, 5.41) is 2.91. The lowest BCUT2D eigenvalue weighted by atomic mass is 10.0. The number of nitrogens with one attached hydrogen (secondary N) is 1. The molecule has 0 saturated carbocycles. The molecule has 1 N–H and O–H groups in total. The van der Waals surface area contributed by atoms with Crippen molar-refractivity contribution >= 4 is 5.91 Å². The Morgan fingerprint density at radius 3 is 2.83 bits per heavy atom. The second-order valence-electron chi connectivity index (χ2n) is 4.53. The molecule has 1 amide bonds. The fourth-order valence-corrected chi connectivity index (χ4v) is 2.19. The zero-order valence-electron chi connectivity index (χ0n) is 10.5. The summed E-state index contributed by atoms with van der Waals surface area (Å²) in [6.45, 7) is 5.18. The number of piperidine rings is 1. The van der Waals surface area contributed by atoms with Crippen molar-refractivity contribution < 1.29 is 9.18 Å². The van der Waals surface area contributed by atoms with Crippen molar-refractivity contribution in [2.75, 3.05) is 19.6 Å². The van der Waals surface area contributed by atoms with Crippen molar-refractivity contribution in [2.45, 2.75) is 25.8 Å². The maximum absolute atomic E-state index is 12.9. The van der Waals surface area contributed by atoms with Gasteiger partial charge in [-0.15, -0.1) is 0 Å². The Bertz CT molecular complexity index is 416. The highest BCUT2D eigenvalue weighted by atomic mass is 19.1. The van der Waals surface area contributed by atoms with Gasteiger partial charge in [0.2, 0.25) is 5.95 Å². The molecule has 0 aromatic carbocycles. The molecule has 1 aliphatic rings. The number of likely N-dealkylation sites (tertiary alicyclic amines) is 1. The number of amides is 1. The van der Waals surface area contributed by atoms with Crippen molar-refractivity contribution in [3.63, 3.8) is 0 Å². The molecular formula is C13H18FN3O. The topological polar surface area (TPSA) is 45.2 Å². The number of nitrogens with zero attached hydrogens (tertiary/aromatic N) is 2. The lowest BCUT2D eigenvalue weighted by Crippen LogP contribution is -2.44. The van der Waals surface area contributed by atoms with Crippen LogP contribution in [0.5, 0.6) is 0 Å². The number of aromatic nitrogens is 1. The van der Waals surface area contributed by atoms with E-state index in [2.05, 4.69) is 22.1 Å². The number of hydrogen-bond donors (Lipinski definition) is 1. The fourth-order valence-electron chi connectivity index (χ4n) is 2.19. The minimum atomic E-state index is -0.622. The van der Waals surface area contributed by atoms with Crippen molar-refractivity contribution in [3.05, 3.63) is 29.8 Å². The third-order valence-corrected chi connectivity index (χ3v) is 3.32. The molecule has 98 valence electrons. The Morgan fingerprint density at radius 1 is 1.50 bits per heavy atom. The van der Waals surface area contributed by atoms with Crippen molar-refractivity contribution in [2.24, 2.45) is 0 Å². The highest BCUT2D eigenvalue weighted by molar-refractivity contribution is 5.92. The first-order chi connectivity index (χ1) is 8.69. The summed E-state index contributed by atoms with van der Waals surface area (Å²) < 4.78 is 12.9. The highest BCUT2D eigenvalue weighted by Gasteiger charge is 2.20. The van der Waals surface area contributed by atoms with Gasteiger partial charge in [-0.25, -0.2) is 4.98 Å². The van der Waals surface area contributed by atoms with Gasteiger partial charge in [0.1, 0.15) is 5.69 Å². The first kappa shape index (κ1) is 13.0. The molecule has 4 nitrogen and oxygen atoms in total. The predicted molar refractivity (Wildman–Crippen MR) is 66.8 cm³/mol. The zero-order valence-corrected chi connectivity index (χ0v) is 10.5. The van der Waals surface area contributed by atoms with E-state index in [1.807, 2.05) is 0 Å². The van der Waals surface area contributed by atoms with Gasteiger partial charge < -0.3 is 10.2 Å². The number of hydrogen-bond acceptors (Lipinski definition) is 3. The Morgan fingerprint density at radius 2 is 2.22 bits per heavy atom. The van der Waals surface area contributed by atoms with Gasteiger partial charge in [-0.3, -0.25) is 4.79 Å². The lowest BCUT2D eigenvalue weighted by molar-refractivity contribution is 0.0906. The van der Waals surface area contributed by atoms with Gasteiger partial charge in [-0.05, 0) is 31.5 Å². The first-order valence-electron chi connectivity index (χ1n) is 6.35. The summed E-state index contributed by atoms with van der Waals surface area (Å²) >= 11 is 0. The van der Waals surface area contributed by atoms with Crippen LogP contribution in [0.25, 0.3) is 0 Å². The highest BCUT2D eigenvalue weighted by Crippen LogP contribution is 2.10. The monoisotopic (exact) mass is 251 g/mol. The molecule has 1 fully saturated rings. The molecule has 2 heterocycles. The van der Waals surface area contributed by atoms with E-state index < -0.39 is 5.95 Å². The number of carbonyl (C=O) groups is 1. The number of carbonyl (C=O) groups excluding carboxylic acids is 1. The lowest BCUT2D eigenvalue weighted by Gasteiger charge is -2.31. The van der Waals surface area contributed by atoms with Gasteiger partial charge in [-0.1, -0.05) is 13.0 Å². The summed E-state index contributed by atoms with van der Waals surface area (Å²) in [6, 6.07) is 4.43. The SMILES string of the molecule is CCN1CCC(NC(=O)c2cccc(F)n2)CC1. The molecule has 1 aromatic rings. The Labute approximate surface area is 106 Å². The van der Waals surface area contributed by atoms with Gasteiger partial charge in [-0.2, -0.15) is 4.39 Å². The van der Waals surface area contributed by atoms with E-state index >= 15 is 0 Å². The molecule has 0 atom stereocenters. The maximum atomic E-state index is 12.9. The van der Waals surface area contributed by atoms with E-state index in [0.29, 0.717) is 0 Å². The molecule has 18 heavy (non-hydrogen) atoms. The molecule has 0 bridgehead atoms. The van der Waals surface area contributed by atoms with Crippen molar-refractivity contribution in [3.8, 4) is 0 Å². The van der Waals surface area contributed by atoms with Crippen molar-refractivity contribution in [1.29, 1.82) is 0 Å². The van der Waals surface area contributed by atoms with Crippen molar-refractivity contribution in [1.82, 2.24) is 15.2 Å². The van der Waals surface area contributed by atoms with E-state index in [1.54, 1.807) is 0 Å². The summed E-state index contributed by atoms with van der Waals surface area (Å²) in [5.41, 5.74) is 0.146. The van der Waals surface area contributed by atoms with Gasteiger partial charge in [0.25, 0.3) is 5.91 Å². The molecule has 1 aliphatic heterocycles. The van der Waals surface area contributed by atoms with Crippen LogP contribution in [0.4, 0.5) is 4.39 Å². The van der Waals surface area contributed by atoms with E-state index in [-0.39, 0.29) is 17.6 Å². The minimum absolute atomic E-state index is 0.146. The molecule has 2 rings (SSSR count). The van der Waals surface area contributed by atoms with Gasteiger partial charge >= 0.3 is 0 Å². The first-order valence-corrected chi connectivity index (χ1v) is 6.35. The summed E-state index contributed by atoms with van der Waals surface area (Å²) in [4.78, 5) is 17.8. The van der Waals surface area contributed by atoms with Gasteiger partial charge in [0, 0.05) is 19.1 Å². The standard InChI is InChI=1S/C13H18FN3O/c1-2-17-8-6-10(7-9-17)15-13(18)11-4-3-5-12(14)16-11/h3-5,10H,2,6-9H2,1H3,(H,15,18). The number of pyridine rings is 1. The Kier molecular flexibility index (Phi) is 4.25. The van der Waals surface area contributed by atoms with E-state index in [9.17, 15) is 9.18 Å². The second kappa shape index (κ2) is 5.91. The molecule has 1 aromatic heterocycles. The predicted octanol–water partition coefficient (Wildman–Crippen LogP) is 1.43. The summed E-state index contributed by atoms with van der Waals surface area (Å²) in [7, 11) is 0. The van der Waals surface area contributed by atoms with Crippen LogP contribution < -0.4 is 5.32 Å². The maximum Gasteiger partial charge on any atom is 0.270 e. The molecule has 0 aliphatic carbocycles. The van der Waals surface area contributed by atoms with Crippen LogP contribution in [-0.2, 0) is 0 Å². The van der Waals surface area contributed by atoms with E-state index in [1.165, 1.54) is 18.2 Å². The quantitative estimate of drug-likeness (QED) is 0.827. The smallest absolute Gasteiger partial charge is 0.270 e. The molecule has 0 radical (unpaired) electrons. The summed E-state index contributed by atoms with van der Waals surface area (Å²) in [5.74, 6) is -0.909. The third-order valence-electron chi connectivity index (χ3n) is 3.32. The minimum Gasteiger partial charge on any atom is -0.348 e. The molecule has 5 heteroatoms. The third kappa shape index (κ3) is 3.26. The normalized spacial score (nSPS) is 17.7. The average Bonchev–Trinajstić information content (AvgIpc) is 2.39. The van der Waals surface area contributed by atoms with Crippen LogP contribution in [0.3, 0.4) is 0 Å². The molecule has 0 unspecified atom stereocenters. The van der Waals surface area contributed by atoms with E-state index in [0.717, 1.165) is 32.5 Å². The Balaban J connectivity index is 1.89. The Hall–Kier alpha value is -1.49. The summed E-state index contributed by atoms with van der Waals surface area (Å²) in [6.07, 6.45) is 1.88. The average molecular weight is 251 g/mol. The van der Waals surface area contributed by atoms with Crippen LogP contribution >= 0.6 is 0 Å². The fraction of sp³-hybridized carbons (Fsp3) is 0.538. The number of halogens is 1. The van der Waals surface area contributed by atoms with Gasteiger partial charge in [0.05, 0.1) is 0 Å². The zero-order chi connectivity index (χ0) is 13.0. The number of rotatable bonds is 3. The van der Waals surface area contributed by atoms with Gasteiger partial charge in [0.15, 0.2) is 0 Å². The van der Waals surface area contributed by atoms with Crippen LogP contribution in [0.15, 0.2) is 18.2 Å². The molecular weight excluding hydrogens is 233 g/mol. The van der Waals surface area contributed by atoms with Crippen LogP contribution in [0.2, 0.25) is 0 Å². The van der Waals surface area contributed by atoms with Crippen LogP contribution in [0.1, 0.15) is 30.3 Å². The van der Waals surface area contributed by atoms with Crippen LogP contribution in [0, 0.1) is 5.95 Å².